The van der Waals surface area contributed by atoms with Gasteiger partial charge in [0.15, 0.2) is 0 Å². The van der Waals surface area contributed by atoms with Crippen molar-refractivity contribution < 1.29 is 5.11 Å². The molecule has 0 bridgehead atoms. The summed E-state index contributed by atoms with van der Waals surface area (Å²) in [5, 5.41) is 8.77. The summed E-state index contributed by atoms with van der Waals surface area (Å²) in [6.45, 7) is 10.7. The number of rotatable bonds is 4. The highest BCUT2D eigenvalue weighted by Crippen LogP contribution is 2.25. The lowest BCUT2D eigenvalue weighted by atomic mass is 9.89. The van der Waals surface area contributed by atoms with Crippen molar-refractivity contribution in [1.29, 1.82) is 0 Å². The van der Waals surface area contributed by atoms with Gasteiger partial charge in [-0.1, -0.05) is 24.0 Å². The van der Waals surface area contributed by atoms with Crippen LogP contribution in [0.2, 0.25) is 0 Å². The summed E-state index contributed by atoms with van der Waals surface area (Å²) in [5.74, 6) is 6.49. The van der Waals surface area contributed by atoms with Crippen molar-refractivity contribution in [1.82, 2.24) is 14.7 Å². The van der Waals surface area contributed by atoms with E-state index < -0.39 is 0 Å². The smallest absolute Gasteiger partial charge is 0.104 e. The maximum atomic E-state index is 8.77. The number of piperazine rings is 1. The molecule has 4 nitrogen and oxygen atoms in total. The molecule has 0 aromatic heterocycles. The molecule has 142 valence electrons. The molecule has 2 saturated heterocycles. The Labute approximate surface area is 158 Å². The number of aliphatic hydroxyl groups excluding tert-OH is 1. The number of hydrogen-bond acceptors (Lipinski definition) is 4. The maximum absolute atomic E-state index is 8.77. The first-order valence-corrected chi connectivity index (χ1v) is 9.99. The Morgan fingerprint density at radius 3 is 2.31 bits per heavy atom. The van der Waals surface area contributed by atoms with Crippen molar-refractivity contribution >= 4 is 0 Å². The molecule has 0 unspecified atom stereocenters. The topological polar surface area (TPSA) is 30.0 Å². The lowest BCUT2D eigenvalue weighted by molar-refractivity contribution is 0.0598. The van der Waals surface area contributed by atoms with Crippen LogP contribution in [0, 0.1) is 17.8 Å². The first kappa shape index (κ1) is 19.4. The summed E-state index contributed by atoms with van der Waals surface area (Å²) in [6, 6.07) is 9.16. The van der Waals surface area contributed by atoms with Crippen LogP contribution in [0.15, 0.2) is 24.3 Å². The predicted octanol–water partition coefficient (Wildman–Crippen LogP) is 1.88. The maximum Gasteiger partial charge on any atom is 0.104 e. The van der Waals surface area contributed by atoms with Gasteiger partial charge in [0.25, 0.3) is 0 Å². The lowest BCUT2D eigenvalue weighted by Gasteiger charge is -2.42. The first-order valence-electron chi connectivity index (χ1n) is 9.99. The highest BCUT2D eigenvalue weighted by molar-refractivity contribution is 5.36. The molecule has 0 amide bonds. The SMILES string of the molecule is C[C@H](C1CCN(Cc2ccc(C#CCO)cc2)CC1)N1CCN(C)CC1. The van der Waals surface area contributed by atoms with Crippen LogP contribution in [0.25, 0.3) is 0 Å². The molecule has 2 heterocycles. The molecular weight excluding hydrogens is 322 g/mol. The van der Waals surface area contributed by atoms with Crippen molar-refractivity contribution in [2.24, 2.45) is 5.92 Å². The van der Waals surface area contributed by atoms with Crippen molar-refractivity contribution in [3.8, 4) is 11.8 Å². The number of hydrogen-bond donors (Lipinski definition) is 1. The van der Waals surface area contributed by atoms with E-state index in [4.69, 9.17) is 5.11 Å². The molecule has 1 N–H and O–H groups in total. The highest BCUT2D eigenvalue weighted by Gasteiger charge is 2.29. The van der Waals surface area contributed by atoms with E-state index in [9.17, 15) is 0 Å². The van der Waals surface area contributed by atoms with E-state index in [2.05, 4.69) is 64.8 Å². The highest BCUT2D eigenvalue weighted by atomic mass is 16.2. The van der Waals surface area contributed by atoms with Crippen molar-refractivity contribution in [3.05, 3.63) is 35.4 Å². The zero-order valence-electron chi connectivity index (χ0n) is 16.3. The van der Waals surface area contributed by atoms with Gasteiger partial charge in [-0.05, 0) is 63.5 Å². The molecule has 26 heavy (non-hydrogen) atoms. The fourth-order valence-electron chi connectivity index (χ4n) is 4.21. The zero-order chi connectivity index (χ0) is 18.4. The Morgan fingerprint density at radius 1 is 1.04 bits per heavy atom. The zero-order valence-corrected chi connectivity index (χ0v) is 16.3. The van der Waals surface area contributed by atoms with E-state index in [0.717, 1.165) is 24.1 Å². The standard InChI is InChI=1S/C22H33N3O/c1-19(25-15-13-23(2)14-16-25)22-9-11-24(12-10-22)18-21-7-5-20(6-8-21)4-3-17-26/h5-8,19,22,26H,9-18H2,1-2H3/t19-/m1/s1. The third-order valence-corrected chi connectivity index (χ3v) is 6.10. The Morgan fingerprint density at radius 2 is 1.69 bits per heavy atom. The Kier molecular flexibility index (Phi) is 7.10. The lowest BCUT2D eigenvalue weighted by Crippen LogP contribution is -2.51. The van der Waals surface area contributed by atoms with Crippen LogP contribution in [-0.2, 0) is 6.54 Å². The van der Waals surface area contributed by atoms with E-state index in [-0.39, 0.29) is 6.61 Å². The molecule has 2 fully saturated rings. The minimum Gasteiger partial charge on any atom is -0.384 e. The van der Waals surface area contributed by atoms with Crippen LogP contribution in [0.4, 0.5) is 0 Å². The largest absolute Gasteiger partial charge is 0.384 e. The Hall–Kier alpha value is -1.38. The second-order valence-corrected chi connectivity index (χ2v) is 7.85. The number of aliphatic hydroxyl groups is 1. The van der Waals surface area contributed by atoms with Crippen molar-refractivity contribution in [3.63, 3.8) is 0 Å². The summed E-state index contributed by atoms with van der Waals surface area (Å²) >= 11 is 0. The van der Waals surface area contributed by atoms with E-state index in [1.165, 1.54) is 57.7 Å². The van der Waals surface area contributed by atoms with Gasteiger partial charge < -0.3 is 10.0 Å². The third kappa shape index (κ3) is 5.31. The van der Waals surface area contributed by atoms with Crippen LogP contribution in [0.1, 0.15) is 30.9 Å². The Bertz CT molecular complexity index is 603. The Balaban J connectivity index is 1.44. The van der Waals surface area contributed by atoms with Crippen LogP contribution >= 0.6 is 0 Å². The fraction of sp³-hybridized carbons (Fsp3) is 0.636. The average Bonchev–Trinajstić information content (AvgIpc) is 2.68. The monoisotopic (exact) mass is 355 g/mol. The van der Waals surface area contributed by atoms with E-state index in [1.807, 2.05) is 0 Å². The molecule has 2 aliphatic heterocycles. The third-order valence-electron chi connectivity index (χ3n) is 6.10. The average molecular weight is 356 g/mol. The summed E-state index contributed by atoms with van der Waals surface area (Å²) in [4.78, 5) is 7.72. The van der Waals surface area contributed by atoms with E-state index in [0.29, 0.717) is 0 Å². The van der Waals surface area contributed by atoms with Gasteiger partial charge in [-0.2, -0.15) is 0 Å². The minimum atomic E-state index is -0.0801. The summed E-state index contributed by atoms with van der Waals surface area (Å²) in [7, 11) is 2.23. The van der Waals surface area contributed by atoms with Crippen molar-refractivity contribution in [2.75, 3.05) is 52.9 Å². The summed E-state index contributed by atoms with van der Waals surface area (Å²) in [6.07, 6.45) is 2.63. The molecule has 2 aliphatic rings. The van der Waals surface area contributed by atoms with Crippen LogP contribution in [0.5, 0.6) is 0 Å². The van der Waals surface area contributed by atoms with Gasteiger partial charge in [-0.25, -0.2) is 0 Å². The van der Waals surface area contributed by atoms with Gasteiger partial charge in [0.2, 0.25) is 0 Å². The molecule has 4 heteroatoms. The van der Waals surface area contributed by atoms with Gasteiger partial charge in [0, 0.05) is 44.3 Å². The van der Waals surface area contributed by atoms with Gasteiger partial charge in [-0.3, -0.25) is 9.80 Å². The molecule has 0 saturated carbocycles. The summed E-state index contributed by atoms with van der Waals surface area (Å²) in [5.41, 5.74) is 2.33. The number of nitrogens with zero attached hydrogens (tertiary/aromatic N) is 3. The fourth-order valence-corrected chi connectivity index (χ4v) is 4.21. The summed E-state index contributed by atoms with van der Waals surface area (Å²) < 4.78 is 0. The van der Waals surface area contributed by atoms with E-state index in [1.54, 1.807) is 0 Å². The second kappa shape index (κ2) is 9.53. The molecule has 1 aromatic carbocycles. The molecule has 1 atom stereocenters. The van der Waals surface area contributed by atoms with Crippen molar-refractivity contribution in [2.45, 2.75) is 32.4 Å². The minimum absolute atomic E-state index is 0.0801. The second-order valence-electron chi connectivity index (χ2n) is 7.85. The quantitative estimate of drug-likeness (QED) is 0.836. The van der Waals surface area contributed by atoms with Gasteiger partial charge in [0.05, 0.1) is 0 Å². The van der Waals surface area contributed by atoms with Gasteiger partial charge >= 0.3 is 0 Å². The molecule has 0 spiro atoms. The predicted molar refractivity (Wildman–Crippen MR) is 107 cm³/mol. The molecule has 1 aromatic rings. The number of likely N-dealkylation sites (tertiary alicyclic amines) is 1. The van der Waals surface area contributed by atoms with Crippen LogP contribution in [0.3, 0.4) is 0 Å². The number of likely N-dealkylation sites (N-methyl/N-ethyl adjacent to an activating group) is 1. The van der Waals surface area contributed by atoms with Crippen LogP contribution in [-0.4, -0.2) is 78.8 Å². The van der Waals surface area contributed by atoms with Gasteiger partial charge in [-0.15, -0.1) is 0 Å². The van der Waals surface area contributed by atoms with Crippen LogP contribution < -0.4 is 0 Å². The van der Waals surface area contributed by atoms with E-state index >= 15 is 0 Å². The number of benzene rings is 1. The normalized spacial score (nSPS) is 22.0. The molecule has 3 rings (SSSR count). The number of piperidine rings is 1. The first-order chi connectivity index (χ1) is 12.7. The van der Waals surface area contributed by atoms with Gasteiger partial charge in [0.1, 0.15) is 6.61 Å². The molecule has 0 radical (unpaired) electrons. The molecule has 0 aliphatic carbocycles. The molecular formula is C22H33N3O.